The zero-order valence-electron chi connectivity index (χ0n) is 22.5. The SMILES string of the molecule is COc1ccc2ncn(-c3c(F)cc4c(=O)c(C(=O)N5CCOCC5)cn5c4c3Oc3cc4ccccc4cc3-5)c2c1. The van der Waals surface area contributed by atoms with Crippen LogP contribution in [0.4, 0.5) is 4.39 Å². The van der Waals surface area contributed by atoms with Gasteiger partial charge in [0.15, 0.2) is 17.3 Å². The summed E-state index contributed by atoms with van der Waals surface area (Å²) in [5.41, 5.74) is 1.73. The Hall–Kier alpha value is -5.22. The van der Waals surface area contributed by atoms with Gasteiger partial charge in [-0.15, -0.1) is 0 Å². The van der Waals surface area contributed by atoms with Crippen LogP contribution >= 0.6 is 0 Å². The molecule has 2 aliphatic heterocycles. The topological polar surface area (TPSA) is 87.8 Å². The first-order chi connectivity index (χ1) is 20.5. The average molecular weight is 563 g/mol. The van der Waals surface area contributed by atoms with Crippen molar-refractivity contribution in [2.75, 3.05) is 33.4 Å². The minimum absolute atomic E-state index is 0.0404. The molecule has 0 radical (unpaired) electrons. The summed E-state index contributed by atoms with van der Waals surface area (Å²) < 4.78 is 36.9. The van der Waals surface area contributed by atoms with Crippen LogP contribution in [0.2, 0.25) is 0 Å². The molecule has 0 saturated carbocycles. The Kier molecular flexibility index (Phi) is 5.35. The van der Waals surface area contributed by atoms with Crippen LogP contribution in [0, 0.1) is 5.82 Å². The summed E-state index contributed by atoms with van der Waals surface area (Å²) in [6.07, 6.45) is 3.07. The molecular formula is C32H23FN4O5. The monoisotopic (exact) mass is 562 g/mol. The lowest BCUT2D eigenvalue weighted by Gasteiger charge is -2.29. The molecule has 42 heavy (non-hydrogen) atoms. The fourth-order valence-corrected chi connectivity index (χ4v) is 5.90. The van der Waals surface area contributed by atoms with Gasteiger partial charge in [-0.2, -0.15) is 0 Å². The second kappa shape index (κ2) is 9.15. The number of carbonyl (C=O) groups excluding carboxylic acids is 1. The molecule has 2 aliphatic rings. The Morgan fingerprint density at radius 2 is 1.79 bits per heavy atom. The quantitative estimate of drug-likeness (QED) is 0.294. The van der Waals surface area contributed by atoms with Crippen molar-refractivity contribution < 1.29 is 23.4 Å². The molecule has 1 saturated heterocycles. The summed E-state index contributed by atoms with van der Waals surface area (Å²) in [6.45, 7) is 1.52. The number of ether oxygens (including phenoxy) is 3. The number of pyridine rings is 1. The molecule has 0 atom stereocenters. The standard InChI is InChI=1S/C32H23FN4O5/c1-40-20-6-7-24-25(14-20)37(17-34-24)29-23(33)15-21-28-31(29)42-27-13-19-5-3-2-4-18(19)12-26(27)36(28)16-22(30(21)38)32(39)35-8-10-41-11-9-35/h2-7,12-17H,8-11H2,1H3. The number of imidazole rings is 1. The van der Waals surface area contributed by atoms with Crippen molar-refractivity contribution in [3.63, 3.8) is 0 Å². The summed E-state index contributed by atoms with van der Waals surface area (Å²) in [5.74, 6) is 0.0899. The number of benzene rings is 4. The maximum absolute atomic E-state index is 16.3. The van der Waals surface area contributed by atoms with E-state index in [0.29, 0.717) is 60.0 Å². The van der Waals surface area contributed by atoms with Crippen LogP contribution in [0.5, 0.6) is 17.2 Å². The molecule has 6 aromatic rings. The largest absolute Gasteiger partial charge is 0.497 e. The fourth-order valence-electron chi connectivity index (χ4n) is 5.90. The second-order valence-electron chi connectivity index (χ2n) is 10.3. The predicted molar refractivity (Wildman–Crippen MR) is 155 cm³/mol. The summed E-state index contributed by atoms with van der Waals surface area (Å²) in [4.78, 5) is 33.5. The Morgan fingerprint density at radius 1 is 1.00 bits per heavy atom. The number of halogens is 1. The Bertz CT molecular complexity index is 2160. The highest BCUT2D eigenvalue weighted by molar-refractivity contribution is 6.01. The van der Waals surface area contributed by atoms with E-state index < -0.39 is 17.2 Å². The van der Waals surface area contributed by atoms with Gasteiger partial charge >= 0.3 is 0 Å². The van der Waals surface area contributed by atoms with Crippen LogP contribution in [-0.4, -0.2) is 58.3 Å². The van der Waals surface area contributed by atoms with Crippen molar-refractivity contribution in [2.45, 2.75) is 0 Å². The van der Waals surface area contributed by atoms with Gasteiger partial charge in [0.05, 0.1) is 42.4 Å². The number of methoxy groups -OCH3 is 1. The van der Waals surface area contributed by atoms with Gasteiger partial charge in [-0.05, 0) is 41.1 Å². The normalized spacial score (nSPS) is 14.3. The molecular weight excluding hydrogens is 539 g/mol. The Labute approximate surface area is 237 Å². The molecule has 10 heteroatoms. The Balaban J connectivity index is 1.46. The molecule has 4 heterocycles. The number of hydrogen-bond acceptors (Lipinski definition) is 6. The van der Waals surface area contributed by atoms with E-state index in [-0.39, 0.29) is 22.4 Å². The average Bonchev–Trinajstić information content (AvgIpc) is 3.44. The van der Waals surface area contributed by atoms with Crippen LogP contribution < -0.4 is 14.9 Å². The summed E-state index contributed by atoms with van der Waals surface area (Å²) >= 11 is 0. The van der Waals surface area contributed by atoms with Crippen LogP contribution in [-0.2, 0) is 4.74 Å². The highest BCUT2D eigenvalue weighted by Crippen LogP contribution is 2.46. The number of aromatic nitrogens is 3. The number of carbonyl (C=O) groups is 1. The van der Waals surface area contributed by atoms with E-state index in [2.05, 4.69) is 4.98 Å². The van der Waals surface area contributed by atoms with Crippen molar-refractivity contribution in [2.24, 2.45) is 0 Å². The maximum Gasteiger partial charge on any atom is 0.259 e. The third kappa shape index (κ3) is 3.55. The first-order valence-electron chi connectivity index (χ1n) is 13.5. The first-order valence-corrected chi connectivity index (χ1v) is 13.5. The van der Waals surface area contributed by atoms with E-state index in [1.54, 1.807) is 45.5 Å². The van der Waals surface area contributed by atoms with E-state index in [1.165, 1.54) is 12.4 Å². The second-order valence-corrected chi connectivity index (χ2v) is 10.3. The minimum atomic E-state index is -0.691. The van der Waals surface area contributed by atoms with E-state index in [4.69, 9.17) is 14.2 Å². The zero-order valence-corrected chi connectivity index (χ0v) is 22.5. The van der Waals surface area contributed by atoms with E-state index in [0.717, 1.165) is 10.8 Å². The number of hydrogen-bond donors (Lipinski definition) is 0. The van der Waals surface area contributed by atoms with Crippen molar-refractivity contribution in [3.05, 3.63) is 94.8 Å². The van der Waals surface area contributed by atoms with Crippen molar-refractivity contribution in [1.82, 2.24) is 19.0 Å². The summed E-state index contributed by atoms with van der Waals surface area (Å²) in [5, 5.41) is 1.93. The van der Waals surface area contributed by atoms with Crippen LogP contribution in [0.3, 0.4) is 0 Å². The number of rotatable bonds is 3. The molecule has 4 aromatic carbocycles. The molecule has 0 aliphatic carbocycles. The van der Waals surface area contributed by atoms with Gasteiger partial charge in [0.2, 0.25) is 5.43 Å². The lowest BCUT2D eigenvalue weighted by atomic mass is 10.0. The zero-order chi connectivity index (χ0) is 28.5. The van der Waals surface area contributed by atoms with E-state index in [9.17, 15) is 9.59 Å². The molecule has 0 bridgehead atoms. The number of amides is 1. The number of nitrogens with zero attached hydrogens (tertiary/aromatic N) is 4. The fraction of sp³-hybridized carbons (Fsp3) is 0.156. The van der Waals surface area contributed by atoms with Crippen LogP contribution in [0.25, 0.3) is 44.1 Å². The lowest BCUT2D eigenvalue weighted by molar-refractivity contribution is 0.0302. The van der Waals surface area contributed by atoms with E-state index in [1.807, 2.05) is 36.4 Å². The summed E-state index contributed by atoms with van der Waals surface area (Å²) in [6, 6.07) is 18.2. The maximum atomic E-state index is 16.3. The molecule has 208 valence electrons. The molecule has 0 N–H and O–H groups in total. The first kappa shape index (κ1) is 24.6. The van der Waals surface area contributed by atoms with Gasteiger partial charge in [0.1, 0.15) is 28.8 Å². The highest BCUT2D eigenvalue weighted by Gasteiger charge is 2.31. The van der Waals surface area contributed by atoms with Gasteiger partial charge in [-0.1, -0.05) is 24.3 Å². The van der Waals surface area contributed by atoms with Gasteiger partial charge < -0.3 is 23.7 Å². The number of fused-ring (bicyclic) bond motifs is 4. The Morgan fingerprint density at radius 3 is 2.57 bits per heavy atom. The number of morpholine rings is 1. The molecule has 0 unspecified atom stereocenters. The minimum Gasteiger partial charge on any atom is -0.497 e. The van der Waals surface area contributed by atoms with Gasteiger partial charge in [0.25, 0.3) is 5.91 Å². The highest BCUT2D eigenvalue weighted by atomic mass is 19.1. The van der Waals surface area contributed by atoms with Gasteiger partial charge in [-0.25, -0.2) is 9.37 Å². The molecule has 2 aromatic heterocycles. The molecule has 1 amide bonds. The molecule has 1 fully saturated rings. The molecule has 9 nitrogen and oxygen atoms in total. The van der Waals surface area contributed by atoms with Gasteiger partial charge in [-0.3, -0.25) is 14.2 Å². The molecule has 0 spiro atoms. The third-order valence-electron chi connectivity index (χ3n) is 7.99. The predicted octanol–water partition coefficient (Wildman–Crippen LogP) is 5.21. The van der Waals surface area contributed by atoms with Gasteiger partial charge in [0, 0.05) is 25.4 Å². The summed E-state index contributed by atoms with van der Waals surface area (Å²) in [7, 11) is 1.56. The lowest BCUT2D eigenvalue weighted by Crippen LogP contribution is -2.42. The van der Waals surface area contributed by atoms with Crippen LogP contribution in [0.1, 0.15) is 10.4 Å². The van der Waals surface area contributed by atoms with Crippen molar-refractivity contribution in [1.29, 1.82) is 0 Å². The van der Waals surface area contributed by atoms with Crippen LogP contribution in [0.15, 0.2) is 78.0 Å². The smallest absolute Gasteiger partial charge is 0.259 e. The third-order valence-corrected chi connectivity index (χ3v) is 7.99. The molecule has 8 rings (SSSR count). The van der Waals surface area contributed by atoms with Crippen molar-refractivity contribution >= 4 is 38.6 Å². The van der Waals surface area contributed by atoms with Crippen molar-refractivity contribution in [3.8, 4) is 28.6 Å². The van der Waals surface area contributed by atoms with E-state index >= 15 is 4.39 Å².